The maximum atomic E-state index is 13.3. The molecule has 0 bridgehead atoms. The lowest BCUT2D eigenvalue weighted by molar-refractivity contribution is -0.385. The Morgan fingerprint density at radius 3 is 2.66 bits per heavy atom. The van der Waals surface area contributed by atoms with Crippen molar-refractivity contribution in [2.45, 2.75) is 70.9 Å². The highest BCUT2D eigenvalue weighted by Crippen LogP contribution is 2.36. The molecule has 41 heavy (non-hydrogen) atoms. The maximum Gasteiger partial charge on any atom is 0.272 e. The van der Waals surface area contributed by atoms with Gasteiger partial charge in [0, 0.05) is 36.9 Å². The number of carbonyl (C=O) groups excluding carboxylic acids is 1. The van der Waals surface area contributed by atoms with E-state index in [-0.39, 0.29) is 23.4 Å². The van der Waals surface area contributed by atoms with E-state index in [9.17, 15) is 23.3 Å². The molecule has 1 saturated heterocycles. The van der Waals surface area contributed by atoms with Crippen LogP contribution in [0.15, 0.2) is 41.3 Å². The van der Waals surface area contributed by atoms with Gasteiger partial charge >= 0.3 is 0 Å². The van der Waals surface area contributed by atoms with Crippen LogP contribution in [0.1, 0.15) is 60.3 Å². The average molecular weight is 586 g/mol. The molecule has 3 aromatic rings. The fraction of sp³-hybridized carbons (Fsp3) is 0.429. The van der Waals surface area contributed by atoms with Crippen molar-refractivity contribution < 1.29 is 27.6 Å². The van der Waals surface area contributed by atoms with Crippen LogP contribution in [0.5, 0.6) is 11.6 Å². The van der Waals surface area contributed by atoms with E-state index >= 15 is 0 Å². The molecule has 2 N–H and O–H groups in total. The number of amides is 1. The Morgan fingerprint density at radius 1 is 1.24 bits per heavy atom. The topological polar surface area (TPSA) is 155 Å². The van der Waals surface area contributed by atoms with Crippen molar-refractivity contribution in [2.24, 2.45) is 0 Å². The van der Waals surface area contributed by atoms with Gasteiger partial charge in [-0.25, -0.2) is 13.1 Å². The molecule has 1 aromatic heterocycles. The van der Waals surface area contributed by atoms with Gasteiger partial charge in [0.15, 0.2) is 5.69 Å². The average Bonchev–Trinajstić information content (AvgIpc) is 3.57. The van der Waals surface area contributed by atoms with Crippen LogP contribution >= 0.6 is 0 Å². The molecule has 2 heterocycles. The number of hydrogen-bond donors (Lipinski definition) is 2. The van der Waals surface area contributed by atoms with Crippen molar-refractivity contribution in [3.05, 3.63) is 68.9 Å². The molecule has 220 valence electrons. The van der Waals surface area contributed by atoms with Crippen LogP contribution < -0.4 is 14.8 Å². The molecule has 12 nitrogen and oxygen atoms in total. The van der Waals surface area contributed by atoms with Gasteiger partial charge < -0.3 is 14.8 Å². The second kappa shape index (κ2) is 12.4. The molecule has 0 spiro atoms. The molecular formula is C28H35N5O7S. The normalized spacial score (nSPS) is 16.0. The zero-order valence-corrected chi connectivity index (χ0v) is 24.6. The quantitative estimate of drug-likeness (QED) is 0.247. The Kier molecular flexibility index (Phi) is 9.10. The molecule has 1 amide bonds. The van der Waals surface area contributed by atoms with Gasteiger partial charge in [-0.05, 0) is 70.2 Å². The number of nitro groups is 1. The minimum absolute atomic E-state index is 0.0676. The van der Waals surface area contributed by atoms with Crippen LogP contribution in [0.3, 0.4) is 0 Å². The number of benzene rings is 2. The first kappa shape index (κ1) is 30.2. The van der Waals surface area contributed by atoms with Gasteiger partial charge in [0.05, 0.1) is 16.7 Å². The van der Waals surface area contributed by atoms with Crippen molar-refractivity contribution in [3.63, 3.8) is 0 Å². The molecule has 0 aliphatic carbocycles. The molecule has 2 atom stereocenters. The molecule has 0 saturated carbocycles. The van der Waals surface area contributed by atoms with Gasteiger partial charge in [-0.15, -0.1) is 0 Å². The van der Waals surface area contributed by atoms with E-state index in [1.54, 1.807) is 13.8 Å². The Morgan fingerprint density at radius 2 is 2.00 bits per heavy atom. The minimum atomic E-state index is -4.21. The van der Waals surface area contributed by atoms with Crippen LogP contribution in [0, 0.1) is 30.9 Å². The van der Waals surface area contributed by atoms with E-state index in [0.29, 0.717) is 30.8 Å². The number of ether oxygens (including phenoxy) is 2. The summed E-state index contributed by atoms with van der Waals surface area (Å²) >= 11 is 0. The SMILES string of the molecule is CCC(C)NS(=O)(=O)c1cc([N+](=O)[O-])ccc1Oc1c(C)c(C(=O)NCC2CCCO2)nn1-c1cccc(C)c1C. The molecule has 0 radical (unpaired) electrons. The molecular weight excluding hydrogens is 550 g/mol. The summed E-state index contributed by atoms with van der Waals surface area (Å²) in [5.74, 6) is -0.469. The van der Waals surface area contributed by atoms with Crippen molar-refractivity contribution in [1.29, 1.82) is 0 Å². The molecule has 2 aromatic carbocycles. The molecule has 1 aliphatic rings. The third-order valence-corrected chi connectivity index (χ3v) is 8.82. The van der Waals surface area contributed by atoms with Gasteiger partial charge in [0.25, 0.3) is 11.6 Å². The van der Waals surface area contributed by atoms with Crippen LogP contribution in [0.2, 0.25) is 0 Å². The largest absolute Gasteiger partial charge is 0.437 e. The zero-order valence-electron chi connectivity index (χ0n) is 23.8. The fourth-order valence-corrected chi connectivity index (χ4v) is 5.93. The lowest BCUT2D eigenvalue weighted by atomic mass is 10.1. The molecule has 13 heteroatoms. The summed E-state index contributed by atoms with van der Waals surface area (Å²) in [6.07, 6.45) is 2.23. The summed E-state index contributed by atoms with van der Waals surface area (Å²) in [5.41, 5.74) is 2.54. The number of rotatable bonds is 11. The Balaban J connectivity index is 1.82. The van der Waals surface area contributed by atoms with Crippen LogP contribution in [0.25, 0.3) is 5.69 Å². The Labute approximate surface area is 239 Å². The van der Waals surface area contributed by atoms with E-state index in [2.05, 4.69) is 15.1 Å². The van der Waals surface area contributed by atoms with Crippen molar-refractivity contribution in [1.82, 2.24) is 19.8 Å². The highest BCUT2D eigenvalue weighted by atomic mass is 32.2. The van der Waals surface area contributed by atoms with Crippen molar-refractivity contribution in [2.75, 3.05) is 13.2 Å². The number of aryl methyl sites for hydroxylation is 1. The number of non-ortho nitro benzene ring substituents is 1. The number of sulfonamides is 1. The first-order valence-corrected chi connectivity index (χ1v) is 15.0. The summed E-state index contributed by atoms with van der Waals surface area (Å²) < 4.78 is 42.5. The Bertz CT molecular complexity index is 1560. The second-order valence-corrected chi connectivity index (χ2v) is 11.9. The number of nitrogens with one attached hydrogen (secondary N) is 2. The summed E-state index contributed by atoms with van der Waals surface area (Å²) in [5, 5.41) is 19.0. The predicted molar refractivity (Wildman–Crippen MR) is 152 cm³/mol. The highest BCUT2D eigenvalue weighted by molar-refractivity contribution is 7.89. The fourth-order valence-electron chi connectivity index (χ4n) is 4.46. The van der Waals surface area contributed by atoms with Crippen LogP contribution in [-0.2, 0) is 14.8 Å². The lowest BCUT2D eigenvalue weighted by Gasteiger charge is -2.17. The number of nitrogens with zero attached hydrogens (tertiary/aromatic N) is 3. The van der Waals surface area contributed by atoms with Gasteiger partial charge in [-0.2, -0.15) is 9.78 Å². The standard InChI is InChI=1S/C28H35N5O7S/c1-6-18(3)31-41(37,38)25-15-21(33(35)36)12-13-24(25)40-28-20(5)26(27(34)29-16-22-10-8-14-39-22)30-32(28)23-11-7-9-17(2)19(23)4/h7,9,11-13,15,18,22,31H,6,8,10,14,16H2,1-5H3,(H,29,34). The number of nitro benzene ring substituents is 1. The summed E-state index contributed by atoms with van der Waals surface area (Å²) in [7, 11) is -4.21. The first-order chi connectivity index (χ1) is 19.4. The molecule has 4 rings (SSSR count). The summed E-state index contributed by atoms with van der Waals surface area (Å²) in [6.45, 7) is 9.99. The molecule has 1 aliphatic heterocycles. The number of hydrogen-bond acceptors (Lipinski definition) is 8. The molecule has 1 fully saturated rings. The summed E-state index contributed by atoms with van der Waals surface area (Å²) in [4.78, 5) is 23.7. The zero-order chi connectivity index (χ0) is 29.9. The predicted octanol–water partition coefficient (Wildman–Crippen LogP) is 4.48. The number of aromatic nitrogens is 2. The van der Waals surface area contributed by atoms with E-state index in [1.807, 2.05) is 39.0 Å². The van der Waals surface area contributed by atoms with Gasteiger partial charge in [-0.3, -0.25) is 14.9 Å². The number of carbonyl (C=O) groups is 1. The highest BCUT2D eigenvalue weighted by Gasteiger charge is 2.29. The van der Waals surface area contributed by atoms with Gasteiger partial charge in [0.2, 0.25) is 15.9 Å². The van der Waals surface area contributed by atoms with Crippen molar-refractivity contribution >= 4 is 21.6 Å². The first-order valence-electron chi connectivity index (χ1n) is 13.5. The van der Waals surface area contributed by atoms with E-state index < -0.39 is 37.5 Å². The van der Waals surface area contributed by atoms with Crippen LogP contribution in [0.4, 0.5) is 5.69 Å². The van der Waals surface area contributed by atoms with Crippen LogP contribution in [-0.4, -0.2) is 54.3 Å². The molecule has 2 unspecified atom stereocenters. The van der Waals surface area contributed by atoms with Crippen molar-refractivity contribution in [3.8, 4) is 17.3 Å². The Hall–Kier alpha value is -3.81. The third-order valence-electron chi connectivity index (χ3n) is 7.20. The van der Waals surface area contributed by atoms with E-state index in [0.717, 1.165) is 30.0 Å². The van der Waals surface area contributed by atoms with Gasteiger partial charge in [0.1, 0.15) is 10.6 Å². The summed E-state index contributed by atoms with van der Waals surface area (Å²) in [6, 6.07) is 8.53. The third kappa shape index (κ3) is 6.58. The van der Waals surface area contributed by atoms with Gasteiger partial charge in [-0.1, -0.05) is 19.1 Å². The smallest absolute Gasteiger partial charge is 0.272 e. The second-order valence-electron chi connectivity index (χ2n) is 10.2. The lowest BCUT2D eigenvalue weighted by Crippen LogP contribution is -2.32. The van der Waals surface area contributed by atoms with E-state index in [4.69, 9.17) is 9.47 Å². The maximum absolute atomic E-state index is 13.3. The minimum Gasteiger partial charge on any atom is -0.437 e. The van der Waals surface area contributed by atoms with E-state index in [1.165, 1.54) is 16.8 Å². The monoisotopic (exact) mass is 585 g/mol.